The molecule has 1 aromatic rings. The fourth-order valence-electron chi connectivity index (χ4n) is 1.48. The largest absolute Gasteiger partial charge is 0.501 e. The number of alkyl halides is 6. The van der Waals surface area contributed by atoms with Gasteiger partial charge in [-0.05, 0) is 12.1 Å². The second kappa shape index (κ2) is 5.64. The molecular formula is C10H2F6N2O4S2. The van der Waals surface area contributed by atoms with E-state index in [0.717, 1.165) is 12.1 Å². The second-order valence-electron chi connectivity index (χ2n) is 3.93. The van der Waals surface area contributed by atoms with Gasteiger partial charge in [0.05, 0.1) is 20.9 Å². The number of rotatable bonds is 2. The van der Waals surface area contributed by atoms with Crippen LogP contribution in [0.3, 0.4) is 0 Å². The summed E-state index contributed by atoms with van der Waals surface area (Å²) in [6.45, 7) is 0. The van der Waals surface area contributed by atoms with Crippen molar-refractivity contribution in [2.75, 3.05) is 0 Å². The van der Waals surface area contributed by atoms with Gasteiger partial charge in [0.25, 0.3) is 19.7 Å². The monoisotopic (exact) mass is 392 g/mol. The van der Waals surface area contributed by atoms with Crippen LogP contribution in [0.2, 0.25) is 0 Å². The predicted octanol–water partition coefficient (Wildman–Crippen LogP) is 2.02. The molecule has 0 spiro atoms. The molecule has 0 aromatic heterocycles. The van der Waals surface area contributed by atoms with Gasteiger partial charge in [0, 0.05) is 0 Å². The van der Waals surface area contributed by atoms with Crippen LogP contribution in [0.15, 0.2) is 21.9 Å². The van der Waals surface area contributed by atoms with Crippen LogP contribution in [0.1, 0.15) is 11.1 Å². The van der Waals surface area contributed by atoms with Crippen molar-refractivity contribution in [2.24, 2.45) is 0 Å². The lowest BCUT2D eigenvalue weighted by molar-refractivity contribution is -0.0444. The Bertz CT molecular complexity index is 897. The van der Waals surface area contributed by atoms with Gasteiger partial charge in [-0.1, -0.05) is 0 Å². The quantitative estimate of drug-likeness (QED) is 0.711. The van der Waals surface area contributed by atoms with Crippen molar-refractivity contribution in [3.63, 3.8) is 0 Å². The van der Waals surface area contributed by atoms with Gasteiger partial charge < -0.3 is 0 Å². The highest BCUT2D eigenvalue weighted by molar-refractivity contribution is 7.92. The molecule has 0 aliphatic rings. The van der Waals surface area contributed by atoms with E-state index in [1.807, 2.05) is 0 Å². The first-order valence-corrected chi connectivity index (χ1v) is 8.19. The summed E-state index contributed by atoms with van der Waals surface area (Å²) in [5, 5.41) is 17.5. The highest BCUT2D eigenvalue weighted by Gasteiger charge is 2.51. The van der Waals surface area contributed by atoms with E-state index in [1.54, 1.807) is 0 Å². The maximum absolute atomic E-state index is 12.5. The molecule has 14 heteroatoms. The Morgan fingerprint density at radius 1 is 0.708 bits per heavy atom. The molecule has 0 N–H and O–H groups in total. The fourth-order valence-corrected chi connectivity index (χ4v) is 3.31. The minimum absolute atomic E-state index is 0.124. The van der Waals surface area contributed by atoms with E-state index in [0.29, 0.717) is 0 Å². The summed E-state index contributed by atoms with van der Waals surface area (Å²) in [4.78, 5) is -3.65. The summed E-state index contributed by atoms with van der Waals surface area (Å²) in [6, 6.07) is 1.40. The number of nitrogens with zero attached hydrogens (tertiary/aromatic N) is 2. The zero-order valence-corrected chi connectivity index (χ0v) is 12.4. The van der Waals surface area contributed by atoms with E-state index >= 15 is 0 Å². The summed E-state index contributed by atoms with van der Waals surface area (Å²) in [5.74, 6) is 0. The van der Waals surface area contributed by atoms with Crippen molar-refractivity contribution < 1.29 is 43.2 Å². The highest BCUT2D eigenvalue weighted by atomic mass is 32.2. The molecule has 0 heterocycles. The lowest BCUT2D eigenvalue weighted by Gasteiger charge is -2.14. The minimum atomic E-state index is -6.20. The molecule has 1 aromatic carbocycles. The van der Waals surface area contributed by atoms with Crippen LogP contribution in [0.5, 0.6) is 0 Å². The molecule has 0 fully saturated rings. The zero-order valence-electron chi connectivity index (χ0n) is 10.8. The van der Waals surface area contributed by atoms with E-state index in [2.05, 4.69) is 0 Å². The van der Waals surface area contributed by atoms with E-state index in [-0.39, 0.29) is 12.1 Å². The van der Waals surface area contributed by atoms with Gasteiger partial charge in [0.15, 0.2) is 0 Å². The molecule has 0 bridgehead atoms. The highest BCUT2D eigenvalue weighted by Crippen LogP contribution is 2.38. The predicted molar refractivity (Wildman–Crippen MR) is 62.4 cm³/mol. The van der Waals surface area contributed by atoms with Crippen LogP contribution < -0.4 is 0 Å². The van der Waals surface area contributed by atoms with Gasteiger partial charge in [0.2, 0.25) is 0 Å². The Kier molecular flexibility index (Phi) is 4.64. The second-order valence-corrected chi connectivity index (χ2v) is 7.75. The number of hydrogen-bond donors (Lipinski definition) is 0. The summed E-state index contributed by atoms with van der Waals surface area (Å²) in [5.41, 5.74) is -15.1. The Morgan fingerprint density at radius 3 is 1.12 bits per heavy atom. The lowest BCUT2D eigenvalue weighted by Crippen LogP contribution is -2.27. The van der Waals surface area contributed by atoms with Crippen LogP contribution in [0.4, 0.5) is 26.3 Å². The van der Waals surface area contributed by atoms with E-state index in [1.165, 1.54) is 0 Å². The van der Waals surface area contributed by atoms with Gasteiger partial charge in [0.1, 0.15) is 12.1 Å². The molecular weight excluding hydrogens is 390 g/mol. The van der Waals surface area contributed by atoms with Crippen LogP contribution in [-0.4, -0.2) is 27.9 Å². The summed E-state index contributed by atoms with van der Waals surface area (Å²) < 4.78 is 120. The molecule has 0 saturated carbocycles. The molecule has 0 aliphatic heterocycles. The molecule has 24 heavy (non-hydrogen) atoms. The molecule has 6 nitrogen and oxygen atoms in total. The van der Waals surface area contributed by atoms with Crippen molar-refractivity contribution in [3.05, 3.63) is 23.3 Å². The summed E-state index contributed by atoms with van der Waals surface area (Å²) in [7, 11) is -12.4. The SMILES string of the molecule is N#Cc1c(S(=O)(=O)C(F)(F)F)ccc(S(=O)(=O)C(F)(F)F)c1C#N. The van der Waals surface area contributed by atoms with Crippen molar-refractivity contribution in [1.82, 2.24) is 0 Å². The third kappa shape index (κ3) is 2.90. The van der Waals surface area contributed by atoms with Crippen molar-refractivity contribution in [3.8, 4) is 12.1 Å². The average molecular weight is 392 g/mol. The van der Waals surface area contributed by atoms with Crippen LogP contribution in [0.25, 0.3) is 0 Å². The van der Waals surface area contributed by atoms with Crippen LogP contribution >= 0.6 is 0 Å². The van der Waals surface area contributed by atoms with Crippen molar-refractivity contribution in [2.45, 2.75) is 20.8 Å². The molecule has 0 aliphatic carbocycles. The zero-order chi connectivity index (χ0) is 19.1. The number of halogens is 6. The number of nitriles is 2. The van der Waals surface area contributed by atoms with Crippen molar-refractivity contribution >= 4 is 19.7 Å². The third-order valence-corrected chi connectivity index (χ3v) is 5.60. The summed E-state index contributed by atoms with van der Waals surface area (Å²) in [6.07, 6.45) is 0. The first-order chi connectivity index (χ1) is 10.6. The first kappa shape index (κ1) is 19.7. The molecule has 130 valence electrons. The maximum Gasteiger partial charge on any atom is 0.501 e. The van der Waals surface area contributed by atoms with E-state index in [4.69, 9.17) is 10.5 Å². The standard InChI is InChI=1S/C10H2F6N2O4S2/c11-9(12,13)23(19,20)7-1-2-8(6(4-18)5(7)3-17)24(21,22)10(14,15)16/h1-2H. The van der Waals surface area contributed by atoms with E-state index < -0.39 is 51.6 Å². The molecule has 0 radical (unpaired) electrons. The maximum atomic E-state index is 12.5. The van der Waals surface area contributed by atoms with Gasteiger partial charge in [-0.15, -0.1) is 0 Å². The molecule has 1 rings (SSSR count). The Hall–Kier alpha value is -2.32. The third-order valence-electron chi connectivity index (χ3n) is 2.54. The average Bonchev–Trinajstić information content (AvgIpc) is 2.42. The van der Waals surface area contributed by atoms with Gasteiger partial charge in [-0.3, -0.25) is 0 Å². The van der Waals surface area contributed by atoms with Crippen LogP contribution in [0, 0.1) is 22.7 Å². The number of benzene rings is 1. The molecule has 0 unspecified atom stereocenters. The van der Waals surface area contributed by atoms with Crippen LogP contribution in [-0.2, 0) is 19.7 Å². The molecule has 0 atom stereocenters. The van der Waals surface area contributed by atoms with E-state index in [9.17, 15) is 43.2 Å². The molecule has 0 saturated heterocycles. The van der Waals surface area contributed by atoms with Gasteiger partial charge in [-0.2, -0.15) is 36.9 Å². The van der Waals surface area contributed by atoms with Crippen molar-refractivity contribution in [1.29, 1.82) is 10.5 Å². The minimum Gasteiger partial charge on any atom is -0.214 e. The smallest absolute Gasteiger partial charge is 0.214 e. The van der Waals surface area contributed by atoms with Gasteiger partial charge in [-0.25, -0.2) is 16.8 Å². The Morgan fingerprint density at radius 2 is 0.958 bits per heavy atom. The first-order valence-electron chi connectivity index (χ1n) is 5.22. The Balaban J connectivity index is 4.00. The number of sulfone groups is 2. The lowest BCUT2D eigenvalue weighted by atomic mass is 10.1. The topological polar surface area (TPSA) is 116 Å². The summed E-state index contributed by atoms with van der Waals surface area (Å²) >= 11 is 0. The number of hydrogen-bond acceptors (Lipinski definition) is 6. The van der Waals surface area contributed by atoms with Gasteiger partial charge >= 0.3 is 11.0 Å². The molecule has 0 amide bonds. The fraction of sp³-hybridized carbons (Fsp3) is 0.200. The Labute approximate surface area is 130 Å². The normalized spacial score (nSPS) is 13.2.